The molecular weight excluding hydrogens is 330 g/mol. The van der Waals surface area contributed by atoms with Gasteiger partial charge in [0.1, 0.15) is 5.84 Å². The molecule has 118 valence electrons. The maximum absolute atomic E-state index is 12.2. The first-order valence-electron chi connectivity index (χ1n) is 7.06. The van der Waals surface area contributed by atoms with Gasteiger partial charge in [-0.1, -0.05) is 51.1 Å². The second kappa shape index (κ2) is 6.64. The summed E-state index contributed by atoms with van der Waals surface area (Å²) in [6, 6.07) is 1.58. The Hall–Kier alpha value is -0.630. The number of hydrogen-bond donors (Lipinski definition) is 1. The highest BCUT2D eigenvalue weighted by molar-refractivity contribution is 7.92. The van der Waals surface area contributed by atoms with Gasteiger partial charge in [0.25, 0.3) is 10.0 Å². The van der Waals surface area contributed by atoms with Crippen LogP contribution in [0.4, 0.5) is 5.69 Å². The van der Waals surface area contributed by atoms with E-state index in [1.54, 1.807) is 6.07 Å². The number of hydrazine groups is 1. The first kappa shape index (κ1) is 16.7. The number of fused-ring (bicyclic) bond motifs is 1. The van der Waals surface area contributed by atoms with Crippen LogP contribution >= 0.6 is 22.9 Å². The summed E-state index contributed by atoms with van der Waals surface area (Å²) >= 11 is 6.90. The normalized spacial score (nSPS) is 18.3. The minimum absolute atomic E-state index is 0.00606. The van der Waals surface area contributed by atoms with Gasteiger partial charge in [0.2, 0.25) is 0 Å². The molecule has 0 radical (unpaired) electrons. The average molecular weight is 350 g/mol. The molecule has 1 aromatic heterocycles. The molecule has 0 saturated carbocycles. The molecule has 1 aromatic rings. The van der Waals surface area contributed by atoms with E-state index in [4.69, 9.17) is 17.4 Å². The van der Waals surface area contributed by atoms with Gasteiger partial charge in [0.05, 0.1) is 10.0 Å². The van der Waals surface area contributed by atoms with Crippen LogP contribution in [0.25, 0.3) is 0 Å². The maximum atomic E-state index is 12.2. The lowest BCUT2D eigenvalue weighted by atomic mass is 10.0. The Morgan fingerprint density at radius 2 is 2.14 bits per heavy atom. The number of amidine groups is 1. The van der Waals surface area contributed by atoms with E-state index < -0.39 is 10.0 Å². The van der Waals surface area contributed by atoms with Gasteiger partial charge in [-0.25, -0.2) is 5.84 Å². The van der Waals surface area contributed by atoms with E-state index in [1.807, 2.05) is 6.92 Å². The third-order valence-corrected chi connectivity index (χ3v) is 6.57. The van der Waals surface area contributed by atoms with Gasteiger partial charge in [-0.15, -0.1) is 15.7 Å². The molecule has 0 fully saturated rings. The topological polar surface area (TPSA) is 75.8 Å². The summed E-state index contributed by atoms with van der Waals surface area (Å²) in [5, 5.41) is 1.36. The van der Waals surface area contributed by atoms with E-state index in [-0.39, 0.29) is 10.1 Å². The highest BCUT2D eigenvalue weighted by Crippen LogP contribution is 2.40. The molecule has 5 nitrogen and oxygen atoms in total. The fourth-order valence-electron chi connectivity index (χ4n) is 2.36. The van der Waals surface area contributed by atoms with Crippen molar-refractivity contribution in [2.75, 3.05) is 5.01 Å². The molecule has 0 aliphatic carbocycles. The molecule has 0 spiro atoms. The van der Waals surface area contributed by atoms with Crippen molar-refractivity contribution in [2.45, 2.75) is 50.2 Å². The van der Waals surface area contributed by atoms with E-state index in [2.05, 4.69) is 11.3 Å². The van der Waals surface area contributed by atoms with E-state index >= 15 is 0 Å². The van der Waals surface area contributed by atoms with Crippen LogP contribution in [0.15, 0.2) is 14.7 Å². The van der Waals surface area contributed by atoms with Gasteiger partial charge in [-0.3, -0.25) is 5.01 Å². The van der Waals surface area contributed by atoms with Crippen LogP contribution in [0.3, 0.4) is 0 Å². The lowest BCUT2D eigenvalue weighted by molar-refractivity contribution is 0.570. The van der Waals surface area contributed by atoms with E-state index in [9.17, 15) is 8.42 Å². The number of halogens is 1. The standard InChI is InChI=1S/C13H20ClN3O2S2/c1-3-4-5-6-7-9(2)12-16-21(18,19)13-10(17(12)15)8-11(14)20-13/h8-9H,3-7,15H2,1-2H3. The molecule has 0 bridgehead atoms. The van der Waals surface area contributed by atoms with Crippen molar-refractivity contribution in [1.29, 1.82) is 0 Å². The van der Waals surface area contributed by atoms with Crippen molar-refractivity contribution in [3.63, 3.8) is 0 Å². The van der Waals surface area contributed by atoms with Crippen LogP contribution in [0.2, 0.25) is 4.34 Å². The summed E-state index contributed by atoms with van der Waals surface area (Å²) in [6.45, 7) is 4.11. The van der Waals surface area contributed by atoms with Crippen molar-refractivity contribution in [2.24, 2.45) is 16.2 Å². The zero-order valence-corrected chi connectivity index (χ0v) is 14.6. The highest BCUT2D eigenvalue weighted by Gasteiger charge is 2.34. The zero-order valence-electron chi connectivity index (χ0n) is 12.2. The Balaban J connectivity index is 2.19. The van der Waals surface area contributed by atoms with Crippen LogP contribution in [-0.4, -0.2) is 14.3 Å². The number of unbranched alkanes of at least 4 members (excludes halogenated alkanes) is 3. The molecular formula is C13H20ClN3O2S2. The molecule has 0 saturated heterocycles. The zero-order chi connectivity index (χ0) is 15.6. The van der Waals surface area contributed by atoms with Gasteiger partial charge >= 0.3 is 0 Å². The van der Waals surface area contributed by atoms with Crippen molar-refractivity contribution in [3.05, 3.63) is 10.4 Å². The Labute approximate surface area is 134 Å². The second-order valence-electron chi connectivity index (χ2n) is 5.27. The summed E-state index contributed by atoms with van der Waals surface area (Å²) in [7, 11) is -3.68. The molecule has 21 heavy (non-hydrogen) atoms. The van der Waals surface area contributed by atoms with Crippen molar-refractivity contribution in [3.8, 4) is 0 Å². The minimum atomic E-state index is -3.68. The Morgan fingerprint density at radius 3 is 2.81 bits per heavy atom. The molecule has 0 amide bonds. The van der Waals surface area contributed by atoms with E-state index in [0.29, 0.717) is 15.9 Å². The smallest absolute Gasteiger partial charge is 0.263 e. The van der Waals surface area contributed by atoms with Crippen molar-refractivity contribution >= 4 is 44.5 Å². The molecule has 8 heteroatoms. The largest absolute Gasteiger partial charge is 0.295 e. The Bertz CT molecular complexity index is 640. The number of hydrogen-bond acceptors (Lipinski definition) is 5. The number of nitrogens with two attached hydrogens (primary N) is 1. The molecule has 2 rings (SSSR count). The molecule has 1 atom stereocenters. The number of rotatable bonds is 6. The predicted octanol–water partition coefficient (Wildman–Crippen LogP) is 3.79. The summed E-state index contributed by atoms with van der Waals surface area (Å²) < 4.78 is 28.8. The molecule has 2 N–H and O–H groups in total. The lowest BCUT2D eigenvalue weighted by Gasteiger charge is -2.27. The maximum Gasteiger partial charge on any atom is 0.295 e. The summed E-state index contributed by atoms with van der Waals surface area (Å²) in [5.74, 6) is 6.43. The monoisotopic (exact) mass is 349 g/mol. The van der Waals surface area contributed by atoms with E-state index in [0.717, 1.165) is 30.6 Å². The molecule has 1 unspecified atom stereocenters. The van der Waals surface area contributed by atoms with Crippen LogP contribution in [0.5, 0.6) is 0 Å². The first-order valence-corrected chi connectivity index (χ1v) is 9.69. The average Bonchev–Trinajstić information content (AvgIpc) is 2.82. The van der Waals surface area contributed by atoms with Gasteiger partial charge in [-0.05, 0) is 12.5 Å². The summed E-state index contributed by atoms with van der Waals surface area (Å²) in [6.07, 6.45) is 5.41. The highest BCUT2D eigenvalue weighted by atomic mass is 35.5. The Kier molecular flexibility index (Phi) is 5.29. The van der Waals surface area contributed by atoms with Crippen LogP contribution in [0, 0.1) is 5.92 Å². The van der Waals surface area contributed by atoms with Crippen LogP contribution < -0.4 is 10.9 Å². The van der Waals surface area contributed by atoms with Gasteiger partial charge in [0, 0.05) is 5.92 Å². The summed E-state index contributed by atoms with van der Waals surface area (Å²) in [4.78, 5) is 0. The number of nitrogens with zero attached hydrogens (tertiary/aromatic N) is 2. The van der Waals surface area contributed by atoms with Gasteiger partial charge in [-0.2, -0.15) is 8.42 Å². The third-order valence-electron chi connectivity index (χ3n) is 3.54. The fourth-order valence-corrected chi connectivity index (χ4v) is 5.26. The van der Waals surface area contributed by atoms with E-state index in [1.165, 1.54) is 17.9 Å². The SMILES string of the molecule is CCCCCCC(C)C1=NS(=O)(=O)c2sc(Cl)cc2N1N. The third kappa shape index (κ3) is 3.59. The number of sulfonamides is 1. The van der Waals surface area contributed by atoms with Crippen LogP contribution in [-0.2, 0) is 10.0 Å². The predicted molar refractivity (Wildman–Crippen MR) is 88.5 cm³/mol. The van der Waals surface area contributed by atoms with Crippen molar-refractivity contribution < 1.29 is 8.42 Å². The van der Waals surface area contributed by atoms with Crippen LogP contribution in [0.1, 0.15) is 46.0 Å². The lowest BCUT2D eigenvalue weighted by Crippen LogP contribution is -2.44. The van der Waals surface area contributed by atoms with Crippen molar-refractivity contribution in [1.82, 2.24) is 0 Å². The van der Waals surface area contributed by atoms with Gasteiger partial charge < -0.3 is 0 Å². The number of thiophene rings is 1. The molecule has 1 aliphatic rings. The first-order chi connectivity index (χ1) is 9.86. The molecule has 1 aliphatic heterocycles. The fraction of sp³-hybridized carbons (Fsp3) is 0.615. The quantitative estimate of drug-likeness (QED) is 0.626. The summed E-state index contributed by atoms with van der Waals surface area (Å²) in [5.41, 5.74) is 0.426. The number of anilines is 1. The molecule has 2 heterocycles. The molecule has 0 aromatic carbocycles. The second-order valence-corrected chi connectivity index (χ2v) is 8.75. The Morgan fingerprint density at radius 1 is 1.43 bits per heavy atom. The van der Waals surface area contributed by atoms with Gasteiger partial charge in [0.15, 0.2) is 4.21 Å². The minimum Gasteiger partial charge on any atom is -0.263 e.